The highest BCUT2D eigenvalue weighted by Gasteiger charge is 2.20. The van der Waals surface area contributed by atoms with Crippen molar-refractivity contribution in [1.82, 2.24) is 39.9 Å². The van der Waals surface area contributed by atoms with Gasteiger partial charge in [-0.25, -0.2) is 9.97 Å². The number of nitrogens with one attached hydrogen (secondary N) is 2. The van der Waals surface area contributed by atoms with Gasteiger partial charge in [0.1, 0.15) is 11.3 Å². The molecule has 0 unspecified atom stereocenters. The third-order valence-electron chi connectivity index (χ3n) is 7.76. The molecule has 2 saturated heterocycles. The first-order valence-electron chi connectivity index (χ1n) is 13.1. The van der Waals surface area contributed by atoms with Gasteiger partial charge in [-0.3, -0.25) is 15.0 Å². The van der Waals surface area contributed by atoms with Gasteiger partial charge in [-0.2, -0.15) is 5.10 Å². The summed E-state index contributed by atoms with van der Waals surface area (Å²) in [6, 6.07) is 8.70. The summed E-state index contributed by atoms with van der Waals surface area (Å²) in [5.41, 5.74) is 8.02. The van der Waals surface area contributed by atoms with Crippen LogP contribution in [0.5, 0.6) is 0 Å². The van der Waals surface area contributed by atoms with Gasteiger partial charge in [0, 0.05) is 85.1 Å². The van der Waals surface area contributed by atoms with E-state index in [0.29, 0.717) is 0 Å². The monoisotopic (exact) mass is 493 g/mol. The molecule has 0 aromatic carbocycles. The fraction of sp³-hybridized carbons (Fsp3) is 0.357. The van der Waals surface area contributed by atoms with Gasteiger partial charge in [0.2, 0.25) is 0 Å². The average Bonchev–Trinajstić information content (AvgIpc) is 3.68. The summed E-state index contributed by atoms with van der Waals surface area (Å²) in [5, 5.41) is 9.86. The van der Waals surface area contributed by atoms with E-state index in [1.165, 1.54) is 37.2 Å². The van der Waals surface area contributed by atoms with Gasteiger partial charge in [0.15, 0.2) is 5.65 Å². The first-order chi connectivity index (χ1) is 18.2. The lowest BCUT2D eigenvalue weighted by molar-refractivity contribution is 0.313. The van der Waals surface area contributed by atoms with Gasteiger partial charge in [0.05, 0.1) is 5.69 Å². The lowest BCUT2D eigenvalue weighted by Crippen LogP contribution is -2.44. The van der Waals surface area contributed by atoms with Gasteiger partial charge >= 0.3 is 0 Å². The molecule has 9 nitrogen and oxygen atoms in total. The number of anilines is 1. The van der Waals surface area contributed by atoms with Crippen molar-refractivity contribution in [3.8, 4) is 22.5 Å². The van der Waals surface area contributed by atoms with Crippen LogP contribution in [0.2, 0.25) is 0 Å². The van der Waals surface area contributed by atoms with Crippen LogP contribution in [0.15, 0.2) is 49.1 Å². The van der Waals surface area contributed by atoms with Crippen LogP contribution in [0.3, 0.4) is 0 Å². The number of nitrogens with zero attached hydrogens (tertiary/aromatic N) is 7. The van der Waals surface area contributed by atoms with Crippen LogP contribution in [-0.2, 0) is 6.54 Å². The number of aromatic nitrogens is 6. The molecule has 5 aromatic rings. The van der Waals surface area contributed by atoms with Crippen LogP contribution in [0.4, 0.5) is 5.69 Å². The Kier molecular flexibility index (Phi) is 5.59. The molecule has 0 aliphatic carbocycles. The number of fused-ring (bicyclic) bond motifs is 2. The van der Waals surface area contributed by atoms with Crippen molar-refractivity contribution in [2.75, 3.05) is 51.2 Å². The minimum atomic E-state index is 0.769. The van der Waals surface area contributed by atoms with Crippen molar-refractivity contribution in [2.24, 2.45) is 0 Å². The predicted molar refractivity (Wildman–Crippen MR) is 146 cm³/mol. The van der Waals surface area contributed by atoms with E-state index >= 15 is 0 Å². The second-order valence-electron chi connectivity index (χ2n) is 10.3. The van der Waals surface area contributed by atoms with Crippen LogP contribution >= 0.6 is 0 Å². The van der Waals surface area contributed by atoms with Gasteiger partial charge in [-0.1, -0.05) is 0 Å². The molecule has 0 saturated carbocycles. The van der Waals surface area contributed by atoms with Crippen LogP contribution in [0.1, 0.15) is 18.4 Å². The van der Waals surface area contributed by atoms with Crippen molar-refractivity contribution in [3.05, 3.63) is 54.6 Å². The topological polar surface area (TPSA) is 92.9 Å². The molecule has 2 fully saturated rings. The third-order valence-corrected chi connectivity index (χ3v) is 7.76. The highest BCUT2D eigenvalue weighted by Crippen LogP contribution is 2.34. The minimum absolute atomic E-state index is 0.769. The molecule has 37 heavy (non-hydrogen) atoms. The SMILES string of the molecule is CN1CCN(c2ccnc3[nH]c(-c4n[nH]c5ncc(-c6cncc(CN7CCCC7)c6)cc45)cc23)CC1. The van der Waals surface area contributed by atoms with Crippen molar-refractivity contribution in [2.45, 2.75) is 19.4 Å². The predicted octanol–water partition coefficient (Wildman–Crippen LogP) is 3.91. The van der Waals surface area contributed by atoms with Gasteiger partial charge in [-0.05, 0) is 62.8 Å². The average molecular weight is 494 g/mol. The number of rotatable bonds is 5. The molecule has 7 heterocycles. The lowest BCUT2D eigenvalue weighted by Gasteiger charge is -2.34. The first-order valence-corrected chi connectivity index (χ1v) is 13.1. The number of hydrogen-bond donors (Lipinski definition) is 2. The fourth-order valence-electron chi connectivity index (χ4n) is 5.66. The van der Waals surface area contributed by atoms with Gasteiger partial charge < -0.3 is 14.8 Å². The molecule has 0 bridgehead atoms. The van der Waals surface area contributed by atoms with E-state index in [9.17, 15) is 0 Å². The first kappa shape index (κ1) is 22.4. The van der Waals surface area contributed by atoms with Crippen molar-refractivity contribution < 1.29 is 0 Å². The number of likely N-dealkylation sites (tertiary alicyclic amines) is 1. The Morgan fingerprint density at radius 3 is 2.54 bits per heavy atom. The number of aromatic amines is 2. The summed E-state index contributed by atoms with van der Waals surface area (Å²) in [6.07, 6.45) is 10.3. The number of hydrogen-bond acceptors (Lipinski definition) is 7. The molecular formula is C28H31N9. The highest BCUT2D eigenvalue weighted by molar-refractivity contribution is 5.98. The maximum atomic E-state index is 4.69. The summed E-state index contributed by atoms with van der Waals surface area (Å²) >= 11 is 0. The van der Waals surface area contributed by atoms with Crippen molar-refractivity contribution in [3.63, 3.8) is 0 Å². The van der Waals surface area contributed by atoms with E-state index in [2.05, 4.69) is 71.2 Å². The van der Waals surface area contributed by atoms with Crippen LogP contribution in [0, 0.1) is 0 Å². The second-order valence-corrected chi connectivity index (χ2v) is 10.3. The second kappa shape index (κ2) is 9.24. The van der Waals surface area contributed by atoms with E-state index in [4.69, 9.17) is 4.98 Å². The molecule has 2 aliphatic heterocycles. The summed E-state index contributed by atoms with van der Waals surface area (Å²) < 4.78 is 0. The molecular weight excluding hydrogens is 462 g/mol. The Morgan fingerprint density at radius 1 is 0.838 bits per heavy atom. The van der Waals surface area contributed by atoms with E-state index in [1.54, 1.807) is 0 Å². The summed E-state index contributed by atoms with van der Waals surface area (Å²) in [6.45, 7) is 7.45. The molecule has 2 aliphatic rings. The summed E-state index contributed by atoms with van der Waals surface area (Å²) in [4.78, 5) is 24.7. The Balaban J connectivity index is 1.24. The molecule has 0 amide bonds. The number of pyridine rings is 3. The molecule has 2 N–H and O–H groups in total. The van der Waals surface area contributed by atoms with E-state index in [0.717, 1.165) is 77.3 Å². The zero-order chi connectivity index (χ0) is 24.8. The number of likely N-dealkylation sites (N-methyl/N-ethyl adjacent to an activating group) is 1. The zero-order valence-electron chi connectivity index (χ0n) is 21.1. The molecule has 188 valence electrons. The third kappa shape index (κ3) is 4.24. The van der Waals surface area contributed by atoms with Crippen LogP contribution in [0.25, 0.3) is 44.6 Å². The van der Waals surface area contributed by atoms with Crippen molar-refractivity contribution in [1.29, 1.82) is 0 Å². The smallest absolute Gasteiger partial charge is 0.155 e. The minimum Gasteiger partial charge on any atom is -0.368 e. The van der Waals surface area contributed by atoms with E-state index in [1.807, 2.05) is 24.8 Å². The molecule has 0 radical (unpaired) electrons. The molecule has 0 spiro atoms. The number of piperazine rings is 1. The lowest BCUT2D eigenvalue weighted by atomic mass is 10.1. The van der Waals surface area contributed by atoms with E-state index in [-0.39, 0.29) is 0 Å². The molecule has 5 aromatic heterocycles. The maximum absolute atomic E-state index is 4.69. The van der Waals surface area contributed by atoms with E-state index < -0.39 is 0 Å². The molecule has 0 atom stereocenters. The molecule has 7 rings (SSSR count). The van der Waals surface area contributed by atoms with Gasteiger partial charge in [-0.15, -0.1) is 0 Å². The Hall–Kier alpha value is -3.82. The largest absolute Gasteiger partial charge is 0.368 e. The van der Waals surface area contributed by atoms with Crippen molar-refractivity contribution >= 4 is 27.8 Å². The van der Waals surface area contributed by atoms with Gasteiger partial charge in [0.25, 0.3) is 0 Å². The zero-order valence-corrected chi connectivity index (χ0v) is 21.1. The fourth-order valence-corrected chi connectivity index (χ4v) is 5.66. The Bertz CT molecular complexity index is 1550. The normalized spacial score (nSPS) is 17.4. The van der Waals surface area contributed by atoms with Crippen LogP contribution in [-0.4, -0.2) is 86.2 Å². The highest BCUT2D eigenvalue weighted by atomic mass is 15.2. The standard InChI is InChI=1S/C28H31N9/c1-35-8-10-37(11-9-35)25-4-5-30-27-22(25)14-24(32-27)26-23-13-21(17-31-28(23)34-33-26)20-12-19(15-29-16-20)18-36-6-2-3-7-36/h4-5,12-17H,2-3,6-11,18H2,1H3,(H,30,32)(H,31,33,34). The Labute approximate surface area is 215 Å². The quantitative estimate of drug-likeness (QED) is 0.383. The number of H-pyrrole nitrogens is 2. The maximum Gasteiger partial charge on any atom is 0.155 e. The molecule has 9 heteroatoms. The summed E-state index contributed by atoms with van der Waals surface area (Å²) in [7, 11) is 2.18. The van der Waals surface area contributed by atoms with Crippen LogP contribution < -0.4 is 4.90 Å². The Morgan fingerprint density at radius 2 is 1.68 bits per heavy atom. The summed E-state index contributed by atoms with van der Waals surface area (Å²) in [5.74, 6) is 0.